The molecule has 1 atom stereocenters. The fourth-order valence-electron chi connectivity index (χ4n) is 2.70. The number of nitrogen functional groups attached to an aromatic ring is 1. The number of hydrogen-bond acceptors (Lipinski definition) is 6. The average molecular weight is 410 g/mol. The van der Waals surface area contributed by atoms with Gasteiger partial charge in [0.1, 0.15) is 11.9 Å². The third kappa shape index (κ3) is 6.11. The number of halogens is 3. The Morgan fingerprint density at radius 2 is 1.84 bits per heavy atom. The maximum absolute atomic E-state index is 5.93. The maximum atomic E-state index is 5.93. The lowest BCUT2D eigenvalue weighted by Crippen LogP contribution is -2.49. The molecule has 0 bridgehead atoms. The lowest BCUT2D eigenvalue weighted by molar-refractivity contribution is 0.140. The van der Waals surface area contributed by atoms with Crippen LogP contribution in [0.2, 0.25) is 5.02 Å². The first-order valence-electron chi connectivity index (χ1n) is 7.67. The molecule has 3 N–H and O–H groups in total. The summed E-state index contributed by atoms with van der Waals surface area (Å²) in [5.41, 5.74) is 5.55. The van der Waals surface area contributed by atoms with E-state index < -0.39 is 0 Å². The van der Waals surface area contributed by atoms with Crippen molar-refractivity contribution in [3.8, 4) is 5.75 Å². The molecular weight excluding hydrogens is 387 g/mol. The van der Waals surface area contributed by atoms with Crippen molar-refractivity contribution < 1.29 is 4.74 Å². The Morgan fingerprint density at radius 3 is 2.40 bits per heavy atom. The lowest BCUT2D eigenvalue weighted by Gasteiger charge is -2.35. The first kappa shape index (κ1) is 21.6. The molecule has 1 aromatic carbocycles. The number of nitrogens with zero attached hydrogens (tertiary/aromatic N) is 4. The van der Waals surface area contributed by atoms with Gasteiger partial charge in [0.05, 0.1) is 0 Å². The number of H-pyrrole nitrogens is 1. The molecule has 1 aliphatic rings. The number of aromatic amines is 1. The number of hydrogen-bond donors (Lipinski definition) is 2. The molecule has 1 aliphatic heterocycles. The number of nitrogens with one attached hydrogen (secondary N) is 1. The molecule has 0 saturated carbocycles. The van der Waals surface area contributed by atoms with Crippen molar-refractivity contribution in [3.63, 3.8) is 0 Å². The van der Waals surface area contributed by atoms with Crippen LogP contribution in [-0.4, -0.2) is 58.9 Å². The van der Waals surface area contributed by atoms with Crippen LogP contribution in [-0.2, 0) is 0 Å². The summed E-state index contributed by atoms with van der Waals surface area (Å²) in [7, 11) is 0. The third-order valence-electron chi connectivity index (χ3n) is 3.83. The van der Waals surface area contributed by atoms with Crippen LogP contribution in [0, 0.1) is 0 Å². The van der Waals surface area contributed by atoms with Crippen molar-refractivity contribution in [2.45, 2.75) is 13.0 Å². The Morgan fingerprint density at radius 1 is 1.20 bits per heavy atom. The van der Waals surface area contributed by atoms with Gasteiger partial charge >= 0.3 is 0 Å². The molecule has 7 nitrogen and oxygen atoms in total. The third-order valence-corrected chi connectivity index (χ3v) is 4.08. The van der Waals surface area contributed by atoms with Crippen molar-refractivity contribution in [1.82, 2.24) is 20.1 Å². The quantitative estimate of drug-likeness (QED) is 0.789. The second-order valence-electron chi connectivity index (χ2n) is 5.69. The monoisotopic (exact) mass is 408 g/mol. The highest BCUT2D eigenvalue weighted by molar-refractivity contribution is 6.30. The van der Waals surface area contributed by atoms with E-state index in [1.165, 1.54) is 0 Å². The summed E-state index contributed by atoms with van der Waals surface area (Å²) >= 11 is 5.88. The van der Waals surface area contributed by atoms with Gasteiger partial charge in [-0.15, -0.1) is 29.9 Å². The Hall–Kier alpha value is -1.41. The average Bonchev–Trinajstić information content (AvgIpc) is 2.97. The number of benzene rings is 1. The van der Waals surface area contributed by atoms with Gasteiger partial charge in [-0.3, -0.25) is 4.90 Å². The summed E-state index contributed by atoms with van der Waals surface area (Å²) in [5.74, 6) is 1.87. The van der Waals surface area contributed by atoms with Gasteiger partial charge in [-0.1, -0.05) is 11.6 Å². The van der Waals surface area contributed by atoms with Crippen LogP contribution in [0.25, 0.3) is 0 Å². The number of rotatable bonds is 5. The van der Waals surface area contributed by atoms with Gasteiger partial charge in [-0.05, 0) is 31.2 Å². The van der Waals surface area contributed by atoms with Crippen molar-refractivity contribution in [3.05, 3.63) is 29.3 Å². The van der Waals surface area contributed by atoms with Gasteiger partial charge in [0, 0.05) is 37.7 Å². The molecule has 1 fully saturated rings. The van der Waals surface area contributed by atoms with Crippen LogP contribution in [0.5, 0.6) is 5.75 Å². The molecule has 2 heterocycles. The molecular formula is C15H23Cl3N6O. The van der Waals surface area contributed by atoms with Gasteiger partial charge in [0.15, 0.2) is 0 Å². The molecule has 0 amide bonds. The normalized spacial score (nSPS) is 15.8. The molecule has 0 aliphatic carbocycles. The Kier molecular flexibility index (Phi) is 8.58. The minimum absolute atomic E-state index is 0. The molecule has 3 rings (SSSR count). The summed E-state index contributed by atoms with van der Waals surface area (Å²) in [6.07, 6.45) is 0.114. The molecule has 2 aromatic rings. The van der Waals surface area contributed by atoms with E-state index in [-0.39, 0.29) is 36.9 Å². The van der Waals surface area contributed by atoms with Gasteiger partial charge in [-0.25, -0.2) is 5.10 Å². The summed E-state index contributed by atoms with van der Waals surface area (Å²) in [6, 6.07) is 7.47. The number of anilines is 2. The van der Waals surface area contributed by atoms with Gasteiger partial charge in [0.25, 0.3) is 0 Å². The second-order valence-corrected chi connectivity index (χ2v) is 6.12. The standard InChI is InChI=1S/C15H21ClN6O.2ClH/c1-11(23-13-4-2-12(16)3-5-13)10-21-6-8-22(9-7-21)15-18-14(17)19-20-15;;/h2-5,11H,6-10H2,1H3,(H3,17,18,19,20);2*1H. The van der Waals surface area contributed by atoms with E-state index in [0.29, 0.717) is 5.02 Å². The predicted molar refractivity (Wildman–Crippen MR) is 105 cm³/mol. The van der Waals surface area contributed by atoms with Crippen LogP contribution in [0.15, 0.2) is 24.3 Å². The van der Waals surface area contributed by atoms with Gasteiger partial charge in [-0.2, -0.15) is 4.98 Å². The molecule has 1 aromatic heterocycles. The van der Waals surface area contributed by atoms with E-state index in [2.05, 4.69) is 31.9 Å². The van der Waals surface area contributed by atoms with Crippen LogP contribution >= 0.6 is 36.4 Å². The summed E-state index contributed by atoms with van der Waals surface area (Å²) in [6.45, 7) is 6.65. The zero-order valence-corrected chi connectivity index (χ0v) is 16.3. The molecule has 140 valence electrons. The first-order chi connectivity index (χ1) is 11.1. The topological polar surface area (TPSA) is 83.3 Å². The fraction of sp³-hybridized carbons (Fsp3) is 0.467. The fourth-order valence-corrected chi connectivity index (χ4v) is 2.82. The summed E-state index contributed by atoms with van der Waals surface area (Å²) < 4.78 is 5.93. The minimum atomic E-state index is 0. The highest BCUT2D eigenvalue weighted by Crippen LogP contribution is 2.17. The molecule has 1 saturated heterocycles. The van der Waals surface area contributed by atoms with E-state index in [1.54, 1.807) is 0 Å². The zero-order valence-electron chi connectivity index (χ0n) is 13.9. The second kappa shape index (κ2) is 9.91. The minimum Gasteiger partial charge on any atom is -0.489 e. The SMILES string of the molecule is CC(CN1CCN(c2nc(N)n[nH]2)CC1)Oc1ccc(Cl)cc1.Cl.Cl. The molecule has 0 spiro atoms. The van der Waals surface area contributed by atoms with E-state index in [9.17, 15) is 0 Å². The zero-order chi connectivity index (χ0) is 16.2. The smallest absolute Gasteiger partial charge is 0.241 e. The molecule has 10 heteroatoms. The number of aromatic nitrogens is 3. The van der Waals surface area contributed by atoms with Crippen molar-refractivity contribution in [2.24, 2.45) is 0 Å². The van der Waals surface area contributed by atoms with Crippen molar-refractivity contribution >= 4 is 48.3 Å². The number of nitrogens with two attached hydrogens (primary N) is 1. The van der Waals surface area contributed by atoms with E-state index in [0.717, 1.165) is 44.4 Å². The Labute approximate surface area is 164 Å². The maximum Gasteiger partial charge on any atom is 0.241 e. The highest BCUT2D eigenvalue weighted by Gasteiger charge is 2.21. The van der Waals surface area contributed by atoms with E-state index >= 15 is 0 Å². The number of ether oxygens (including phenoxy) is 1. The van der Waals surface area contributed by atoms with Gasteiger partial charge < -0.3 is 15.4 Å². The first-order valence-corrected chi connectivity index (χ1v) is 8.05. The van der Waals surface area contributed by atoms with E-state index in [1.807, 2.05) is 24.3 Å². The highest BCUT2D eigenvalue weighted by atomic mass is 35.5. The van der Waals surface area contributed by atoms with E-state index in [4.69, 9.17) is 22.1 Å². The van der Waals surface area contributed by atoms with Gasteiger partial charge in [0.2, 0.25) is 11.9 Å². The predicted octanol–water partition coefficient (Wildman–Crippen LogP) is 2.47. The molecule has 1 unspecified atom stereocenters. The van der Waals surface area contributed by atoms with Crippen LogP contribution in [0.4, 0.5) is 11.9 Å². The Bertz CT molecular complexity index is 630. The van der Waals surface area contributed by atoms with Crippen LogP contribution in [0.3, 0.4) is 0 Å². The molecule has 25 heavy (non-hydrogen) atoms. The Balaban J connectivity index is 0.00000156. The van der Waals surface area contributed by atoms with Crippen LogP contribution < -0.4 is 15.4 Å². The summed E-state index contributed by atoms with van der Waals surface area (Å²) in [4.78, 5) is 8.71. The van der Waals surface area contributed by atoms with Crippen molar-refractivity contribution in [2.75, 3.05) is 43.4 Å². The molecule has 0 radical (unpaired) electrons. The summed E-state index contributed by atoms with van der Waals surface area (Å²) in [5, 5.41) is 7.44. The van der Waals surface area contributed by atoms with Crippen LogP contribution in [0.1, 0.15) is 6.92 Å². The largest absolute Gasteiger partial charge is 0.489 e. The van der Waals surface area contributed by atoms with Crippen molar-refractivity contribution in [1.29, 1.82) is 0 Å². The number of piperazine rings is 1. The lowest BCUT2D eigenvalue weighted by atomic mass is 10.2.